The summed E-state index contributed by atoms with van der Waals surface area (Å²) in [5.74, 6) is 0.698. The number of nitrogen functional groups attached to an aromatic ring is 1. The molecule has 3 N–H and O–H groups in total. The van der Waals surface area contributed by atoms with Crippen LogP contribution in [0.1, 0.15) is 5.56 Å². The van der Waals surface area contributed by atoms with Crippen LogP contribution in [-0.4, -0.2) is 15.0 Å². The second kappa shape index (κ2) is 4.10. The number of aryl methyl sites for hydroxylation is 1. The Morgan fingerprint density at radius 3 is 2.94 bits per heavy atom. The zero-order valence-electron chi connectivity index (χ0n) is 9.74. The van der Waals surface area contributed by atoms with Crippen LogP contribution in [0.15, 0.2) is 34.9 Å². The number of pyridine rings is 1. The minimum Gasteiger partial charge on any atom is -0.397 e. The molecule has 4 nitrogen and oxygen atoms in total. The molecule has 0 amide bonds. The smallest absolute Gasteiger partial charge is 0.159 e. The van der Waals surface area contributed by atoms with Gasteiger partial charge in [0.05, 0.1) is 16.7 Å². The SMILES string of the molecule is Cc1cc(Br)cc2[nH]c(-c3ncccc3N)nc12. The zero-order chi connectivity index (χ0) is 12.7. The highest BCUT2D eigenvalue weighted by Crippen LogP contribution is 2.27. The van der Waals surface area contributed by atoms with Crippen molar-refractivity contribution in [1.29, 1.82) is 0 Å². The van der Waals surface area contributed by atoms with Crippen LogP contribution < -0.4 is 5.73 Å². The maximum Gasteiger partial charge on any atom is 0.159 e. The van der Waals surface area contributed by atoms with Crippen molar-refractivity contribution in [3.05, 3.63) is 40.5 Å². The standard InChI is InChI=1S/C13H11BrN4/c1-7-5-8(14)6-10-11(7)18-13(17-10)12-9(15)3-2-4-16-12/h2-6H,15H2,1H3,(H,17,18). The maximum atomic E-state index is 5.91. The van der Waals surface area contributed by atoms with Gasteiger partial charge in [0.2, 0.25) is 0 Å². The molecule has 1 aromatic carbocycles. The molecule has 0 unspecified atom stereocenters. The summed E-state index contributed by atoms with van der Waals surface area (Å²) >= 11 is 3.48. The molecule has 0 atom stereocenters. The molecule has 0 spiro atoms. The van der Waals surface area contributed by atoms with Gasteiger partial charge in [-0.25, -0.2) is 4.98 Å². The van der Waals surface area contributed by atoms with Gasteiger partial charge in [-0.2, -0.15) is 0 Å². The van der Waals surface area contributed by atoms with Crippen LogP contribution in [0.5, 0.6) is 0 Å². The summed E-state index contributed by atoms with van der Waals surface area (Å²) in [6.07, 6.45) is 1.71. The molecule has 90 valence electrons. The summed E-state index contributed by atoms with van der Waals surface area (Å²) in [6, 6.07) is 7.66. The van der Waals surface area contributed by atoms with E-state index in [9.17, 15) is 0 Å². The number of anilines is 1. The van der Waals surface area contributed by atoms with Crippen molar-refractivity contribution < 1.29 is 0 Å². The summed E-state index contributed by atoms with van der Waals surface area (Å²) in [6.45, 7) is 2.03. The minimum atomic E-state index is 0.619. The number of rotatable bonds is 1. The average Bonchev–Trinajstić information content (AvgIpc) is 2.73. The minimum absolute atomic E-state index is 0.619. The summed E-state index contributed by atoms with van der Waals surface area (Å²) in [4.78, 5) is 12.1. The highest BCUT2D eigenvalue weighted by atomic mass is 79.9. The van der Waals surface area contributed by atoms with Crippen molar-refractivity contribution in [3.8, 4) is 11.5 Å². The summed E-state index contributed by atoms with van der Waals surface area (Å²) in [5, 5.41) is 0. The topological polar surface area (TPSA) is 67.6 Å². The lowest BCUT2D eigenvalue weighted by Crippen LogP contribution is -1.93. The molecule has 2 aromatic heterocycles. The van der Waals surface area contributed by atoms with Gasteiger partial charge >= 0.3 is 0 Å². The predicted octanol–water partition coefficient (Wildman–Crippen LogP) is 3.28. The summed E-state index contributed by atoms with van der Waals surface area (Å²) in [5.41, 5.74) is 10.2. The predicted molar refractivity (Wildman–Crippen MR) is 76.2 cm³/mol. The van der Waals surface area contributed by atoms with E-state index in [-0.39, 0.29) is 0 Å². The number of H-pyrrole nitrogens is 1. The Kier molecular flexibility index (Phi) is 2.56. The van der Waals surface area contributed by atoms with Crippen molar-refractivity contribution in [2.24, 2.45) is 0 Å². The largest absolute Gasteiger partial charge is 0.397 e. The highest BCUT2D eigenvalue weighted by Gasteiger charge is 2.11. The molecule has 0 aliphatic carbocycles. The van der Waals surface area contributed by atoms with Crippen LogP contribution in [0.25, 0.3) is 22.6 Å². The Labute approximate surface area is 112 Å². The monoisotopic (exact) mass is 302 g/mol. The van der Waals surface area contributed by atoms with E-state index in [4.69, 9.17) is 5.73 Å². The zero-order valence-corrected chi connectivity index (χ0v) is 11.3. The first-order chi connectivity index (χ1) is 8.65. The molecule has 3 aromatic rings. The van der Waals surface area contributed by atoms with Crippen LogP contribution in [0.2, 0.25) is 0 Å². The van der Waals surface area contributed by atoms with Gasteiger partial charge in [-0.05, 0) is 36.8 Å². The highest BCUT2D eigenvalue weighted by molar-refractivity contribution is 9.10. The number of aromatic amines is 1. The van der Waals surface area contributed by atoms with Crippen molar-refractivity contribution in [2.45, 2.75) is 6.92 Å². The van der Waals surface area contributed by atoms with Gasteiger partial charge in [-0.1, -0.05) is 15.9 Å². The third-order valence-electron chi connectivity index (χ3n) is 2.81. The second-order valence-electron chi connectivity index (χ2n) is 4.15. The number of imidazole rings is 1. The molecule has 18 heavy (non-hydrogen) atoms. The van der Waals surface area contributed by atoms with E-state index in [0.717, 1.165) is 21.1 Å². The summed E-state index contributed by atoms with van der Waals surface area (Å²) in [7, 11) is 0. The van der Waals surface area contributed by atoms with Crippen LogP contribution in [0, 0.1) is 6.92 Å². The van der Waals surface area contributed by atoms with Crippen LogP contribution in [0.3, 0.4) is 0 Å². The third kappa shape index (κ3) is 1.76. The van der Waals surface area contributed by atoms with Gasteiger partial charge in [-0.3, -0.25) is 4.98 Å². The van der Waals surface area contributed by atoms with Gasteiger partial charge in [-0.15, -0.1) is 0 Å². The van der Waals surface area contributed by atoms with Gasteiger partial charge in [0, 0.05) is 10.7 Å². The Hall–Kier alpha value is -1.88. The number of benzene rings is 1. The fraction of sp³-hybridized carbons (Fsp3) is 0.0769. The van der Waals surface area contributed by atoms with Gasteiger partial charge in [0.1, 0.15) is 5.69 Å². The lowest BCUT2D eigenvalue weighted by atomic mass is 10.2. The lowest BCUT2D eigenvalue weighted by molar-refractivity contribution is 1.24. The van der Waals surface area contributed by atoms with E-state index in [1.165, 1.54) is 0 Å². The molecule has 0 aliphatic rings. The molecular formula is C13H11BrN4. The number of hydrogen-bond acceptors (Lipinski definition) is 3. The number of halogens is 1. The molecule has 3 rings (SSSR count). The molecule has 0 aliphatic heterocycles. The number of nitrogens with zero attached hydrogens (tertiary/aromatic N) is 2. The molecular weight excluding hydrogens is 292 g/mol. The van der Waals surface area contributed by atoms with Gasteiger partial charge in [0.15, 0.2) is 5.82 Å². The van der Waals surface area contributed by atoms with Gasteiger partial charge < -0.3 is 10.7 Å². The molecule has 0 bridgehead atoms. The first-order valence-electron chi connectivity index (χ1n) is 5.52. The number of nitrogens with one attached hydrogen (secondary N) is 1. The van der Waals surface area contributed by atoms with E-state index >= 15 is 0 Å². The van der Waals surface area contributed by atoms with E-state index in [1.807, 2.05) is 31.2 Å². The van der Waals surface area contributed by atoms with Crippen LogP contribution >= 0.6 is 15.9 Å². The van der Waals surface area contributed by atoms with Gasteiger partial charge in [0.25, 0.3) is 0 Å². The number of hydrogen-bond donors (Lipinski definition) is 2. The van der Waals surface area contributed by atoms with Crippen LogP contribution in [-0.2, 0) is 0 Å². The van der Waals surface area contributed by atoms with Crippen molar-refractivity contribution in [3.63, 3.8) is 0 Å². The first-order valence-corrected chi connectivity index (χ1v) is 6.31. The molecule has 2 heterocycles. The lowest BCUT2D eigenvalue weighted by Gasteiger charge is -1.98. The Morgan fingerprint density at radius 2 is 2.17 bits per heavy atom. The molecule has 0 radical (unpaired) electrons. The van der Waals surface area contributed by atoms with E-state index < -0.39 is 0 Å². The molecule has 5 heteroatoms. The van der Waals surface area contributed by atoms with Crippen LogP contribution in [0.4, 0.5) is 5.69 Å². The fourth-order valence-electron chi connectivity index (χ4n) is 1.97. The van der Waals surface area contributed by atoms with E-state index in [0.29, 0.717) is 17.2 Å². The first kappa shape index (κ1) is 11.2. The Balaban J connectivity index is 2.26. The second-order valence-corrected chi connectivity index (χ2v) is 5.06. The molecule has 0 fully saturated rings. The summed E-state index contributed by atoms with van der Waals surface area (Å²) < 4.78 is 1.02. The van der Waals surface area contributed by atoms with Crippen molar-refractivity contribution in [1.82, 2.24) is 15.0 Å². The normalized spacial score (nSPS) is 11.0. The number of aromatic nitrogens is 3. The average molecular weight is 303 g/mol. The fourth-order valence-corrected chi connectivity index (χ4v) is 2.55. The number of fused-ring (bicyclic) bond motifs is 1. The third-order valence-corrected chi connectivity index (χ3v) is 3.26. The number of nitrogens with two attached hydrogens (primary N) is 1. The quantitative estimate of drug-likeness (QED) is 0.725. The van der Waals surface area contributed by atoms with Crippen molar-refractivity contribution in [2.75, 3.05) is 5.73 Å². The van der Waals surface area contributed by atoms with Crippen molar-refractivity contribution >= 4 is 32.7 Å². The Bertz CT molecular complexity index is 733. The molecule has 0 saturated carbocycles. The van der Waals surface area contributed by atoms with E-state index in [1.54, 1.807) is 6.20 Å². The van der Waals surface area contributed by atoms with E-state index in [2.05, 4.69) is 30.9 Å². The Morgan fingerprint density at radius 1 is 1.33 bits per heavy atom. The maximum absolute atomic E-state index is 5.91. The molecule has 0 saturated heterocycles.